The predicted octanol–water partition coefficient (Wildman–Crippen LogP) is 7.74. The number of nitrogens with zero attached hydrogens (tertiary/aromatic N) is 1. The summed E-state index contributed by atoms with van der Waals surface area (Å²) in [6.45, 7) is 2.22. The molecule has 0 bridgehead atoms. The summed E-state index contributed by atoms with van der Waals surface area (Å²) in [7, 11) is -1.09. The SMILES string of the molecule is CCCCCCCCS(=O)c1sc2nc(-c3cccs3)cc(-c3ccccc3)c2c1N. The smallest absolute Gasteiger partial charge is 0.127 e. The monoisotopic (exact) mass is 468 g/mol. The molecule has 0 saturated carbocycles. The number of unbranched alkanes of at least 4 members (excludes halogenated alkanes) is 5. The zero-order valence-electron chi connectivity index (χ0n) is 17.8. The maximum Gasteiger partial charge on any atom is 0.127 e. The zero-order valence-corrected chi connectivity index (χ0v) is 20.3. The van der Waals surface area contributed by atoms with Gasteiger partial charge in [0, 0.05) is 11.1 Å². The normalized spacial score (nSPS) is 12.4. The van der Waals surface area contributed by atoms with Crippen molar-refractivity contribution in [1.82, 2.24) is 4.98 Å². The van der Waals surface area contributed by atoms with Crippen molar-refractivity contribution in [2.75, 3.05) is 11.5 Å². The number of rotatable bonds is 10. The van der Waals surface area contributed by atoms with Crippen molar-refractivity contribution >= 4 is 49.4 Å². The van der Waals surface area contributed by atoms with Crippen LogP contribution < -0.4 is 5.73 Å². The second-order valence-corrected chi connectivity index (χ2v) is 11.4. The number of aromatic nitrogens is 1. The maximum atomic E-state index is 13.1. The number of fused-ring (bicyclic) bond motifs is 1. The van der Waals surface area contributed by atoms with E-state index in [1.165, 1.54) is 37.0 Å². The molecule has 3 nitrogen and oxygen atoms in total. The first kappa shape index (κ1) is 22.2. The van der Waals surface area contributed by atoms with Gasteiger partial charge in [0.2, 0.25) is 0 Å². The molecule has 0 spiro atoms. The summed E-state index contributed by atoms with van der Waals surface area (Å²) in [5.41, 5.74) is 10.3. The first-order valence-corrected chi connectivity index (χ1v) is 13.9. The summed E-state index contributed by atoms with van der Waals surface area (Å²) in [6.07, 6.45) is 7.12. The minimum atomic E-state index is -1.09. The van der Waals surface area contributed by atoms with Gasteiger partial charge in [-0.25, -0.2) is 4.98 Å². The van der Waals surface area contributed by atoms with Crippen LogP contribution in [0.5, 0.6) is 0 Å². The van der Waals surface area contributed by atoms with Crippen molar-refractivity contribution in [3.05, 3.63) is 53.9 Å². The second-order valence-electron chi connectivity index (χ2n) is 7.70. The Kier molecular flexibility index (Phi) is 7.54. The Morgan fingerprint density at radius 3 is 2.52 bits per heavy atom. The second kappa shape index (κ2) is 10.5. The summed E-state index contributed by atoms with van der Waals surface area (Å²) in [5.74, 6) is 0.668. The highest BCUT2D eigenvalue weighted by molar-refractivity contribution is 7.87. The highest BCUT2D eigenvalue weighted by Crippen LogP contribution is 2.43. The third-order valence-corrected chi connectivity index (χ3v) is 9.30. The summed E-state index contributed by atoms with van der Waals surface area (Å²) < 4.78 is 13.9. The van der Waals surface area contributed by atoms with Crippen molar-refractivity contribution in [3.63, 3.8) is 0 Å². The van der Waals surface area contributed by atoms with Crippen LogP contribution >= 0.6 is 22.7 Å². The molecule has 0 saturated heterocycles. The fourth-order valence-corrected chi connectivity index (χ4v) is 7.17. The lowest BCUT2D eigenvalue weighted by Gasteiger charge is -2.08. The van der Waals surface area contributed by atoms with E-state index in [1.807, 2.05) is 24.3 Å². The number of nitrogen functional groups attached to an aromatic ring is 1. The number of hydrogen-bond acceptors (Lipinski definition) is 5. The predicted molar refractivity (Wildman–Crippen MR) is 137 cm³/mol. The van der Waals surface area contributed by atoms with Gasteiger partial charge in [-0.2, -0.15) is 0 Å². The van der Waals surface area contributed by atoms with Crippen LogP contribution in [-0.2, 0) is 10.8 Å². The van der Waals surface area contributed by atoms with E-state index in [1.54, 1.807) is 11.3 Å². The standard InChI is InChI=1S/C25H28N2OS3/c1-2-3-4-5-6-10-16-31(28)25-23(26)22-19(18-12-8-7-9-13-18)17-20(27-24(22)30-25)21-14-11-15-29-21/h7-9,11-15,17H,2-6,10,16,26H2,1H3. The van der Waals surface area contributed by atoms with Crippen LogP contribution in [0.3, 0.4) is 0 Å². The van der Waals surface area contributed by atoms with E-state index in [-0.39, 0.29) is 0 Å². The van der Waals surface area contributed by atoms with E-state index < -0.39 is 10.8 Å². The van der Waals surface area contributed by atoms with Crippen LogP contribution in [-0.4, -0.2) is 14.9 Å². The van der Waals surface area contributed by atoms with E-state index in [0.29, 0.717) is 11.4 Å². The van der Waals surface area contributed by atoms with Gasteiger partial charge in [-0.1, -0.05) is 75.4 Å². The van der Waals surface area contributed by atoms with E-state index in [2.05, 4.69) is 36.6 Å². The number of pyridine rings is 1. The molecule has 162 valence electrons. The molecule has 1 aromatic carbocycles. The molecule has 0 fully saturated rings. The Hall–Kier alpha value is -2.02. The molecule has 31 heavy (non-hydrogen) atoms. The van der Waals surface area contributed by atoms with Gasteiger partial charge in [-0.15, -0.1) is 22.7 Å². The molecule has 0 aliphatic heterocycles. The lowest BCUT2D eigenvalue weighted by atomic mass is 10.0. The summed E-state index contributed by atoms with van der Waals surface area (Å²) >= 11 is 3.17. The highest BCUT2D eigenvalue weighted by atomic mass is 32.2. The zero-order chi connectivity index (χ0) is 21.6. The lowest BCUT2D eigenvalue weighted by molar-refractivity contribution is 0.622. The molecule has 2 N–H and O–H groups in total. The quantitative estimate of drug-likeness (QED) is 0.242. The molecular formula is C25H28N2OS3. The Bertz CT molecular complexity index is 1150. The molecule has 1 unspecified atom stereocenters. The van der Waals surface area contributed by atoms with Crippen LogP contribution in [0.15, 0.2) is 58.1 Å². The molecule has 3 heterocycles. The van der Waals surface area contributed by atoms with Crippen molar-refractivity contribution in [2.24, 2.45) is 0 Å². The van der Waals surface area contributed by atoms with Gasteiger partial charge in [0.1, 0.15) is 9.04 Å². The number of anilines is 1. The van der Waals surface area contributed by atoms with Crippen molar-refractivity contribution < 1.29 is 4.21 Å². The molecule has 0 radical (unpaired) electrons. The third-order valence-electron chi connectivity index (χ3n) is 5.41. The van der Waals surface area contributed by atoms with Gasteiger partial charge >= 0.3 is 0 Å². The minimum absolute atomic E-state index is 0.633. The minimum Gasteiger partial charge on any atom is -0.396 e. The van der Waals surface area contributed by atoms with Crippen LogP contribution in [0.1, 0.15) is 45.4 Å². The maximum absolute atomic E-state index is 13.1. The lowest BCUT2D eigenvalue weighted by Crippen LogP contribution is -1.99. The molecular weight excluding hydrogens is 440 g/mol. The van der Waals surface area contributed by atoms with Crippen LogP contribution in [0.2, 0.25) is 0 Å². The van der Waals surface area contributed by atoms with Crippen molar-refractivity contribution in [2.45, 2.75) is 49.7 Å². The van der Waals surface area contributed by atoms with Crippen LogP contribution in [0, 0.1) is 0 Å². The molecule has 0 amide bonds. The van der Waals surface area contributed by atoms with Gasteiger partial charge < -0.3 is 5.73 Å². The topological polar surface area (TPSA) is 56.0 Å². The van der Waals surface area contributed by atoms with Crippen LogP contribution in [0.25, 0.3) is 31.9 Å². The van der Waals surface area contributed by atoms with Gasteiger partial charge in [-0.05, 0) is 35.1 Å². The number of benzene rings is 1. The molecule has 0 aliphatic carbocycles. The summed E-state index contributed by atoms with van der Waals surface area (Å²) in [6, 6.07) is 16.5. The third kappa shape index (κ3) is 5.08. The molecule has 4 aromatic rings. The molecule has 0 aliphatic rings. The average molecular weight is 469 g/mol. The fraction of sp³-hybridized carbons (Fsp3) is 0.320. The molecule has 6 heteroatoms. The Morgan fingerprint density at radius 2 is 1.77 bits per heavy atom. The molecule has 1 atom stereocenters. The van der Waals surface area contributed by atoms with E-state index in [9.17, 15) is 4.21 Å². The fourth-order valence-electron chi connectivity index (χ4n) is 3.77. The molecule has 4 rings (SSSR count). The number of hydrogen-bond donors (Lipinski definition) is 1. The van der Waals surface area contributed by atoms with Gasteiger partial charge in [0.05, 0.1) is 27.1 Å². The van der Waals surface area contributed by atoms with Gasteiger partial charge in [0.25, 0.3) is 0 Å². The van der Waals surface area contributed by atoms with E-state index in [0.717, 1.165) is 49.0 Å². The van der Waals surface area contributed by atoms with Gasteiger partial charge in [0.15, 0.2) is 0 Å². The van der Waals surface area contributed by atoms with Crippen molar-refractivity contribution in [3.8, 4) is 21.7 Å². The van der Waals surface area contributed by atoms with E-state index in [4.69, 9.17) is 10.7 Å². The number of nitrogens with two attached hydrogens (primary N) is 1. The Labute approximate surface area is 194 Å². The van der Waals surface area contributed by atoms with Gasteiger partial charge in [-0.3, -0.25) is 4.21 Å². The van der Waals surface area contributed by atoms with E-state index >= 15 is 0 Å². The largest absolute Gasteiger partial charge is 0.396 e. The average Bonchev–Trinajstić information content (AvgIpc) is 3.45. The highest BCUT2D eigenvalue weighted by Gasteiger charge is 2.21. The molecule has 3 aromatic heterocycles. The first-order chi connectivity index (χ1) is 15.2. The number of thiophene rings is 2. The first-order valence-electron chi connectivity index (χ1n) is 10.9. The Balaban J connectivity index is 1.68. The van der Waals surface area contributed by atoms with Crippen LogP contribution in [0.4, 0.5) is 5.69 Å². The summed E-state index contributed by atoms with van der Waals surface area (Å²) in [5, 5.41) is 3.00. The summed E-state index contributed by atoms with van der Waals surface area (Å²) in [4.78, 5) is 6.91. The Morgan fingerprint density at radius 1 is 1.00 bits per heavy atom. The van der Waals surface area contributed by atoms with Crippen molar-refractivity contribution in [1.29, 1.82) is 0 Å².